The number of aromatic nitrogens is 3. The van der Waals surface area contributed by atoms with Gasteiger partial charge in [-0.3, -0.25) is 4.68 Å². The third-order valence-electron chi connectivity index (χ3n) is 3.15. The lowest BCUT2D eigenvalue weighted by Gasteiger charge is -2.19. The van der Waals surface area contributed by atoms with Crippen LogP contribution in [0.4, 0.5) is 0 Å². The molecule has 4 nitrogen and oxygen atoms in total. The third-order valence-corrected chi connectivity index (χ3v) is 3.15. The number of hydrogen-bond acceptors (Lipinski definition) is 3. The fourth-order valence-electron chi connectivity index (χ4n) is 2.30. The average Bonchev–Trinajstić information content (AvgIpc) is 2.46. The van der Waals surface area contributed by atoms with E-state index in [1.807, 2.05) is 11.7 Å². The van der Waals surface area contributed by atoms with E-state index in [-0.39, 0.29) is 6.04 Å². The minimum atomic E-state index is 0.264. The number of aryl methyl sites for hydroxylation is 1. The molecule has 1 aliphatic rings. The quantitative estimate of drug-likeness (QED) is 0.683. The maximum absolute atomic E-state index is 6.16. The lowest BCUT2D eigenvalue weighted by atomic mass is 9.95. The zero-order valence-electron chi connectivity index (χ0n) is 8.69. The van der Waals surface area contributed by atoms with Crippen LogP contribution in [-0.2, 0) is 7.05 Å². The molecule has 0 saturated heterocycles. The summed E-state index contributed by atoms with van der Waals surface area (Å²) in [6.07, 6.45) is 7.74. The van der Waals surface area contributed by atoms with E-state index in [1.165, 1.54) is 19.3 Å². The van der Waals surface area contributed by atoms with Crippen molar-refractivity contribution in [1.82, 2.24) is 14.8 Å². The Morgan fingerprint density at radius 1 is 1.36 bits per heavy atom. The summed E-state index contributed by atoms with van der Waals surface area (Å²) in [4.78, 5) is 4.30. The smallest absolute Gasteiger partial charge is 0.138 e. The fraction of sp³-hybridized carbons (Fsp3) is 0.800. The number of nitrogens with zero attached hydrogens (tertiary/aromatic N) is 3. The van der Waals surface area contributed by atoms with Crippen molar-refractivity contribution in [2.45, 2.75) is 44.1 Å². The van der Waals surface area contributed by atoms with E-state index >= 15 is 0 Å². The van der Waals surface area contributed by atoms with Gasteiger partial charge in [-0.05, 0) is 12.8 Å². The Balaban J connectivity index is 2.19. The van der Waals surface area contributed by atoms with Gasteiger partial charge in [0.2, 0.25) is 0 Å². The van der Waals surface area contributed by atoms with Crippen LogP contribution in [0, 0.1) is 0 Å². The lowest BCUT2D eigenvalue weighted by molar-refractivity contribution is 0.465. The molecule has 1 heterocycles. The summed E-state index contributed by atoms with van der Waals surface area (Å²) < 4.78 is 1.86. The van der Waals surface area contributed by atoms with Crippen LogP contribution in [-0.4, -0.2) is 20.8 Å². The predicted octanol–water partition coefficient (Wildman–Crippen LogP) is 1.19. The van der Waals surface area contributed by atoms with Crippen LogP contribution in [0.3, 0.4) is 0 Å². The normalized spacial score (nSPS) is 28.7. The molecular weight excluding hydrogens is 176 g/mol. The molecule has 1 aromatic heterocycles. The first-order valence-corrected chi connectivity index (χ1v) is 5.38. The lowest BCUT2D eigenvalue weighted by Crippen LogP contribution is -2.29. The van der Waals surface area contributed by atoms with E-state index in [2.05, 4.69) is 10.1 Å². The SMILES string of the molecule is Cn1ncnc1C1CCCCCC1N. The van der Waals surface area contributed by atoms with E-state index in [1.54, 1.807) is 6.33 Å². The Labute approximate surface area is 84.5 Å². The number of nitrogens with two attached hydrogens (primary N) is 1. The van der Waals surface area contributed by atoms with Crippen LogP contribution in [0.15, 0.2) is 6.33 Å². The second-order valence-corrected chi connectivity index (χ2v) is 4.15. The van der Waals surface area contributed by atoms with Crippen LogP contribution in [0.5, 0.6) is 0 Å². The monoisotopic (exact) mass is 194 g/mol. The Morgan fingerprint density at radius 2 is 2.14 bits per heavy atom. The highest BCUT2D eigenvalue weighted by atomic mass is 15.3. The highest BCUT2D eigenvalue weighted by Gasteiger charge is 2.25. The minimum Gasteiger partial charge on any atom is -0.327 e. The number of rotatable bonds is 1. The summed E-state index contributed by atoms with van der Waals surface area (Å²) in [6.45, 7) is 0. The number of hydrogen-bond donors (Lipinski definition) is 1. The van der Waals surface area contributed by atoms with Gasteiger partial charge in [-0.1, -0.05) is 19.3 Å². The molecule has 2 rings (SSSR count). The first-order valence-electron chi connectivity index (χ1n) is 5.38. The zero-order valence-corrected chi connectivity index (χ0v) is 8.69. The van der Waals surface area contributed by atoms with Gasteiger partial charge >= 0.3 is 0 Å². The minimum absolute atomic E-state index is 0.264. The second-order valence-electron chi connectivity index (χ2n) is 4.15. The molecule has 0 radical (unpaired) electrons. The molecule has 78 valence electrons. The highest BCUT2D eigenvalue weighted by molar-refractivity contribution is 5.01. The summed E-state index contributed by atoms with van der Waals surface area (Å²) in [6, 6.07) is 0.264. The van der Waals surface area contributed by atoms with Gasteiger partial charge in [-0.15, -0.1) is 0 Å². The van der Waals surface area contributed by atoms with Gasteiger partial charge in [0.1, 0.15) is 12.2 Å². The second kappa shape index (κ2) is 4.09. The van der Waals surface area contributed by atoms with Crippen molar-refractivity contribution in [3.63, 3.8) is 0 Å². The van der Waals surface area contributed by atoms with E-state index in [0.29, 0.717) is 5.92 Å². The van der Waals surface area contributed by atoms with Crippen LogP contribution < -0.4 is 5.73 Å². The van der Waals surface area contributed by atoms with Crippen molar-refractivity contribution in [2.75, 3.05) is 0 Å². The Morgan fingerprint density at radius 3 is 2.86 bits per heavy atom. The van der Waals surface area contributed by atoms with Gasteiger partial charge < -0.3 is 5.73 Å². The van der Waals surface area contributed by atoms with Crippen molar-refractivity contribution in [3.8, 4) is 0 Å². The molecule has 2 N–H and O–H groups in total. The van der Waals surface area contributed by atoms with Gasteiger partial charge in [-0.2, -0.15) is 5.10 Å². The zero-order chi connectivity index (χ0) is 9.97. The van der Waals surface area contributed by atoms with Gasteiger partial charge in [0.25, 0.3) is 0 Å². The van der Waals surface area contributed by atoms with Crippen molar-refractivity contribution in [3.05, 3.63) is 12.2 Å². The van der Waals surface area contributed by atoms with Gasteiger partial charge in [0.15, 0.2) is 0 Å². The van der Waals surface area contributed by atoms with Crippen LogP contribution in [0.2, 0.25) is 0 Å². The first kappa shape index (κ1) is 9.65. The molecule has 2 atom stereocenters. The van der Waals surface area contributed by atoms with Crippen LogP contribution in [0.25, 0.3) is 0 Å². The summed E-state index contributed by atoms with van der Waals surface area (Å²) in [5.41, 5.74) is 6.16. The molecule has 4 heteroatoms. The molecule has 0 aliphatic heterocycles. The van der Waals surface area contributed by atoms with Gasteiger partial charge in [0, 0.05) is 19.0 Å². The first-order chi connectivity index (χ1) is 6.79. The van der Waals surface area contributed by atoms with Gasteiger partial charge in [0.05, 0.1) is 0 Å². The highest BCUT2D eigenvalue weighted by Crippen LogP contribution is 2.29. The topological polar surface area (TPSA) is 56.7 Å². The van der Waals surface area contributed by atoms with Crippen molar-refractivity contribution >= 4 is 0 Å². The molecular formula is C10H18N4. The van der Waals surface area contributed by atoms with E-state index < -0.39 is 0 Å². The predicted molar refractivity (Wildman–Crippen MR) is 54.8 cm³/mol. The largest absolute Gasteiger partial charge is 0.327 e. The molecule has 1 aliphatic carbocycles. The van der Waals surface area contributed by atoms with Crippen LogP contribution in [0.1, 0.15) is 43.8 Å². The van der Waals surface area contributed by atoms with Gasteiger partial charge in [-0.25, -0.2) is 4.98 Å². The summed E-state index contributed by atoms with van der Waals surface area (Å²) in [7, 11) is 1.94. The van der Waals surface area contributed by atoms with Crippen molar-refractivity contribution < 1.29 is 0 Å². The van der Waals surface area contributed by atoms with Crippen molar-refractivity contribution in [2.24, 2.45) is 12.8 Å². The van der Waals surface area contributed by atoms with E-state index in [9.17, 15) is 0 Å². The maximum atomic E-state index is 6.16. The Kier molecular flexibility index (Phi) is 2.82. The molecule has 0 spiro atoms. The molecule has 1 aromatic rings. The Bertz CT molecular complexity index is 294. The Hall–Kier alpha value is -0.900. The summed E-state index contributed by atoms with van der Waals surface area (Å²) in [5, 5.41) is 4.11. The molecule has 2 unspecified atom stereocenters. The van der Waals surface area contributed by atoms with Crippen LogP contribution >= 0.6 is 0 Å². The molecule has 0 aromatic carbocycles. The summed E-state index contributed by atoms with van der Waals surface area (Å²) >= 11 is 0. The molecule has 14 heavy (non-hydrogen) atoms. The third kappa shape index (κ3) is 1.80. The molecule has 1 fully saturated rings. The standard InChI is InChI=1S/C10H18N4/c1-14-10(12-7-13-14)8-5-3-2-4-6-9(8)11/h7-9H,2-6,11H2,1H3. The molecule has 1 saturated carbocycles. The van der Waals surface area contributed by atoms with E-state index in [0.717, 1.165) is 18.7 Å². The summed E-state index contributed by atoms with van der Waals surface area (Å²) in [5.74, 6) is 1.46. The fourth-order valence-corrected chi connectivity index (χ4v) is 2.30. The average molecular weight is 194 g/mol. The van der Waals surface area contributed by atoms with Crippen molar-refractivity contribution in [1.29, 1.82) is 0 Å². The molecule has 0 amide bonds. The molecule has 0 bridgehead atoms. The van der Waals surface area contributed by atoms with E-state index in [4.69, 9.17) is 5.73 Å². The maximum Gasteiger partial charge on any atom is 0.138 e.